The zero-order valence-electron chi connectivity index (χ0n) is 19.1. The molecule has 4 heteroatoms. The Kier molecular flexibility index (Phi) is 7.39. The Balaban J connectivity index is 1.55. The van der Waals surface area contributed by atoms with Gasteiger partial charge < -0.3 is 10.6 Å². The van der Waals surface area contributed by atoms with Gasteiger partial charge in [0, 0.05) is 32.2 Å². The largest absolute Gasteiger partial charge is 0.352 e. The first-order valence-electron chi connectivity index (χ1n) is 11.5. The van der Waals surface area contributed by atoms with Crippen LogP contribution in [-0.4, -0.2) is 42.5 Å². The molecule has 4 nitrogen and oxygen atoms in total. The highest BCUT2D eigenvalue weighted by molar-refractivity contribution is 5.82. The monoisotopic (exact) mass is 399 g/mol. The molecule has 1 heterocycles. The molecular weight excluding hydrogens is 358 g/mol. The van der Waals surface area contributed by atoms with Crippen molar-refractivity contribution < 1.29 is 4.79 Å². The molecule has 1 aliphatic carbocycles. The van der Waals surface area contributed by atoms with Crippen LogP contribution in [-0.2, 0) is 11.3 Å². The van der Waals surface area contributed by atoms with E-state index in [-0.39, 0.29) is 17.4 Å². The number of fused-ring (bicyclic) bond motifs is 1. The number of benzene rings is 1. The Hall–Kier alpha value is -1.39. The second kappa shape index (κ2) is 9.61. The number of amides is 1. The fourth-order valence-corrected chi connectivity index (χ4v) is 4.97. The van der Waals surface area contributed by atoms with Crippen LogP contribution < -0.4 is 10.6 Å². The van der Waals surface area contributed by atoms with E-state index in [0.717, 1.165) is 38.4 Å². The van der Waals surface area contributed by atoms with Crippen LogP contribution in [0.25, 0.3) is 0 Å². The van der Waals surface area contributed by atoms with E-state index in [2.05, 4.69) is 80.5 Å². The van der Waals surface area contributed by atoms with E-state index >= 15 is 0 Å². The zero-order valence-corrected chi connectivity index (χ0v) is 19.1. The Bertz CT molecular complexity index is 652. The zero-order chi connectivity index (χ0) is 21.0. The Morgan fingerprint density at radius 1 is 1.14 bits per heavy atom. The molecule has 0 radical (unpaired) electrons. The van der Waals surface area contributed by atoms with Crippen molar-refractivity contribution in [3.63, 3.8) is 0 Å². The van der Waals surface area contributed by atoms with Gasteiger partial charge in [0.25, 0.3) is 0 Å². The Morgan fingerprint density at radius 2 is 1.86 bits per heavy atom. The van der Waals surface area contributed by atoms with Crippen LogP contribution in [0.1, 0.15) is 59.4 Å². The maximum Gasteiger partial charge on any atom is 0.237 e. The molecule has 1 saturated carbocycles. The fourth-order valence-electron chi connectivity index (χ4n) is 4.97. The van der Waals surface area contributed by atoms with E-state index in [1.165, 1.54) is 18.5 Å². The molecule has 1 aromatic carbocycles. The van der Waals surface area contributed by atoms with Crippen molar-refractivity contribution >= 4 is 5.91 Å². The first-order valence-corrected chi connectivity index (χ1v) is 11.5. The number of hydrogen-bond acceptors (Lipinski definition) is 3. The van der Waals surface area contributed by atoms with E-state index in [4.69, 9.17) is 0 Å². The van der Waals surface area contributed by atoms with Crippen LogP contribution >= 0.6 is 0 Å². The molecule has 0 unspecified atom stereocenters. The van der Waals surface area contributed by atoms with Crippen LogP contribution in [0.15, 0.2) is 30.3 Å². The van der Waals surface area contributed by atoms with E-state index in [0.29, 0.717) is 17.9 Å². The summed E-state index contributed by atoms with van der Waals surface area (Å²) in [5, 5.41) is 6.99. The van der Waals surface area contributed by atoms with Crippen molar-refractivity contribution in [3.05, 3.63) is 35.9 Å². The smallest absolute Gasteiger partial charge is 0.237 e. The predicted molar refractivity (Wildman–Crippen MR) is 121 cm³/mol. The Morgan fingerprint density at radius 3 is 2.52 bits per heavy atom. The number of likely N-dealkylation sites (tertiary alicyclic amines) is 1. The molecule has 2 aliphatic rings. The highest BCUT2D eigenvalue weighted by Crippen LogP contribution is 2.38. The number of carbonyl (C=O) groups is 1. The lowest BCUT2D eigenvalue weighted by Gasteiger charge is -2.28. The number of nitrogens with one attached hydrogen (secondary N) is 2. The van der Waals surface area contributed by atoms with Crippen molar-refractivity contribution in [1.82, 2.24) is 15.5 Å². The van der Waals surface area contributed by atoms with Gasteiger partial charge in [-0.1, -0.05) is 65.0 Å². The standard InChI is InChI=1S/C25H41N3O/c1-18(2)13-23(26-17-25(3,4)5)24(29)27-22-12-11-20-15-28(16-21(20)22)14-19-9-7-6-8-10-19/h6-10,18,20-23,26H,11-17H2,1-5H3,(H,27,29)/t20-,21+,22+,23+/m1/s1. The van der Waals surface area contributed by atoms with E-state index in [1.54, 1.807) is 0 Å². The summed E-state index contributed by atoms with van der Waals surface area (Å²) in [6, 6.07) is 11.0. The lowest BCUT2D eigenvalue weighted by Crippen LogP contribution is -2.51. The SMILES string of the molecule is CC(C)C[C@H](NCC(C)(C)C)C(=O)N[C@H]1CC[C@@H]2CN(Cc3ccccc3)C[C@@H]21. The van der Waals surface area contributed by atoms with Gasteiger partial charge in [-0.2, -0.15) is 0 Å². The topological polar surface area (TPSA) is 44.4 Å². The first-order chi connectivity index (χ1) is 13.7. The van der Waals surface area contributed by atoms with Gasteiger partial charge in [0.2, 0.25) is 5.91 Å². The van der Waals surface area contributed by atoms with Gasteiger partial charge in [-0.25, -0.2) is 0 Å². The minimum atomic E-state index is -0.0879. The second-order valence-electron chi connectivity index (χ2n) is 10.9. The van der Waals surface area contributed by atoms with Crippen LogP contribution in [0.4, 0.5) is 0 Å². The first kappa shape index (κ1) is 22.3. The lowest BCUT2D eigenvalue weighted by atomic mass is 9.94. The lowest BCUT2D eigenvalue weighted by molar-refractivity contribution is -0.124. The molecule has 0 bridgehead atoms. The molecular formula is C25H41N3O. The molecule has 1 saturated heterocycles. The van der Waals surface area contributed by atoms with Crippen LogP contribution in [0.5, 0.6) is 0 Å². The summed E-state index contributed by atoms with van der Waals surface area (Å²) in [6.07, 6.45) is 3.27. The highest BCUT2D eigenvalue weighted by Gasteiger charge is 2.43. The van der Waals surface area contributed by atoms with Gasteiger partial charge in [0.1, 0.15) is 0 Å². The summed E-state index contributed by atoms with van der Waals surface area (Å²) in [6.45, 7) is 15.2. The third-order valence-electron chi connectivity index (χ3n) is 6.41. The number of nitrogens with zero attached hydrogens (tertiary/aromatic N) is 1. The molecule has 2 fully saturated rings. The van der Waals surface area contributed by atoms with Crippen molar-refractivity contribution in [1.29, 1.82) is 0 Å². The molecule has 1 aromatic rings. The van der Waals surface area contributed by atoms with Crippen molar-refractivity contribution in [2.75, 3.05) is 19.6 Å². The van der Waals surface area contributed by atoms with Gasteiger partial charge in [0.15, 0.2) is 0 Å². The average Bonchev–Trinajstić information content (AvgIpc) is 3.19. The quantitative estimate of drug-likeness (QED) is 0.693. The molecule has 3 rings (SSSR count). The highest BCUT2D eigenvalue weighted by atomic mass is 16.2. The minimum Gasteiger partial charge on any atom is -0.352 e. The van der Waals surface area contributed by atoms with Gasteiger partial charge >= 0.3 is 0 Å². The maximum atomic E-state index is 13.1. The van der Waals surface area contributed by atoms with Crippen LogP contribution in [0, 0.1) is 23.2 Å². The number of rotatable bonds is 8. The normalized spacial score (nSPS) is 25.9. The summed E-state index contributed by atoms with van der Waals surface area (Å²) in [5.41, 5.74) is 1.56. The molecule has 2 N–H and O–H groups in total. The van der Waals surface area contributed by atoms with E-state index in [1.807, 2.05) is 0 Å². The van der Waals surface area contributed by atoms with Crippen molar-refractivity contribution in [2.24, 2.45) is 23.2 Å². The molecule has 4 atom stereocenters. The summed E-state index contributed by atoms with van der Waals surface area (Å²) in [7, 11) is 0. The summed E-state index contributed by atoms with van der Waals surface area (Å²) in [5.74, 6) is 2.04. The van der Waals surface area contributed by atoms with E-state index < -0.39 is 0 Å². The third kappa shape index (κ3) is 6.55. The molecule has 29 heavy (non-hydrogen) atoms. The Labute approximate surface area is 177 Å². The van der Waals surface area contributed by atoms with Gasteiger partial charge in [-0.3, -0.25) is 9.69 Å². The molecule has 1 aliphatic heterocycles. The van der Waals surface area contributed by atoms with Gasteiger partial charge in [-0.05, 0) is 48.0 Å². The molecule has 1 amide bonds. The van der Waals surface area contributed by atoms with Crippen LogP contribution in [0.3, 0.4) is 0 Å². The van der Waals surface area contributed by atoms with E-state index in [9.17, 15) is 4.79 Å². The third-order valence-corrected chi connectivity index (χ3v) is 6.41. The van der Waals surface area contributed by atoms with Crippen LogP contribution in [0.2, 0.25) is 0 Å². The number of carbonyl (C=O) groups excluding carboxylic acids is 1. The summed E-state index contributed by atoms with van der Waals surface area (Å²) >= 11 is 0. The summed E-state index contributed by atoms with van der Waals surface area (Å²) in [4.78, 5) is 15.7. The number of hydrogen-bond donors (Lipinski definition) is 2. The molecule has 0 spiro atoms. The molecule has 162 valence electrons. The predicted octanol–water partition coefficient (Wildman–Crippen LogP) is 4.06. The van der Waals surface area contributed by atoms with Crippen molar-refractivity contribution in [3.8, 4) is 0 Å². The molecule has 0 aromatic heterocycles. The van der Waals surface area contributed by atoms with Gasteiger partial charge in [-0.15, -0.1) is 0 Å². The van der Waals surface area contributed by atoms with Gasteiger partial charge in [0.05, 0.1) is 6.04 Å². The fraction of sp³-hybridized carbons (Fsp3) is 0.720. The maximum absolute atomic E-state index is 13.1. The van der Waals surface area contributed by atoms with Crippen molar-refractivity contribution in [2.45, 2.75) is 72.5 Å². The second-order valence-corrected chi connectivity index (χ2v) is 10.9. The average molecular weight is 400 g/mol. The minimum absolute atomic E-state index is 0.0879. The summed E-state index contributed by atoms with van der Waals surface area (Å²) < 4.78 is 0.